The predicted octanol–water partition coefficient (Wildman–Crippen LogP) is 1.67. The van der Waals surface area contributed by atoms with E-state index < -0.39 is 0 Å². The van der Waals surface area contributed by atoms with Gasteiger partial charge in [0.1, 0.15) is 0 Å². The molecule has 0 bridgehead atoms. The molecule has 0 aliphatic carbocycles. The van der Waals surface area contributed by atoms with Crippen LogP contribution in [0.1, 0.15) is 20.8 Å². The molecule has 1 aliphatic rings. The van der Waals surface area contributed by atoms with Gasteiger partial charge in [0.2, 0.25) is 0 Å². The van der Waals surface area contributed by atoms with Crippen molar-refractivity contribution in [1.82, 2.24) is 9.78 Å². The third kappa shape index (κ3) is 4.23. The van der Waals surface area contributed by atoms with Crippen molar-refractivity contribution in [2.45, 2.75) is 27.3 Å². The molecule has 6 heteroatoms. The first-order valence-electron chi connectivity index (χ1n) is 7.42. The Morgan fingerprint density at radius 2 is 2.05 bits per heavy atom. The third-order valence-electron chi connectivity index (χ3n) is 4.07. The molecule has 2 rings (SSSR count). The SMILES string of the molecule is CC(C)(C)C(CS)Cn1ncc(N2CCOCC2)cc1=O. The minimum atomic E-state index is -0.0463. The fraction of sp³-hybridized carbons (Fsp3) is 0.733. The number of morpholine rings is 1. The van der Waals surface area contributed by atoms with Gasteiger partial charge in [0.15, 0.2) is 0 Å². The fourth-order valence-electron chi connectivity index (χ4n) is 2.37. The van der Waals surface area contributed by atoms with Crippen molar-refractivity contribution in [3.63, 3.8) is 0 Å². The number of anilines is 1. The summed E-state index contributed by atoms with van der Waals surface area (Å²) >= 11 is 4.41. The average molecular weight is 311 g/mol. The number of hydrogen-bond acceptors (Lipinski definition) is 5. The lowest BCUT2D eigenvalue weighted by Crippen LogP contribution is -2.38. The van der Waals surface area contributed by atoms with Crippen LogP contribution < -0.4 is 10.5 Å². The lowest BCUT2D eigenvalue weighted by molar-refractivity contribution is 0.122. The highest BCUT2D eigenvalue weighted by atomic mass is 32.1. The lowest BCUT2D eigenvalue weighted by Gasteiger charge is -2.30. The maximum absolute atomic E-state index is 12.3. The Morgan fingerprint density at radius 3 is 2.57 bits per heavy atom. The number of nitrogens with zero attached hydrogens (tertiary/aromatic N) is 3. The Bertz CT molecular complexity index is 518. The van der Waals surface area contributed by atoms with Crippen molar-refractivity contribution in [1.29, 1.82) is 0 Å². The van der Waals surface area contributed by atoms with Gasteiger partial charge in [-0.15, -0.1) is 0 Å². The topological polar surface area (TPSA) is 47.4 Å². The van der Waals surface area contributed by atoms with E-state index in [4.69, 9.17) is 4.74 Å². The monoisotopic (exact) mass is 311 g/mol. The molecule has 0 radical (unpaired) electrons. The Hall–Kier alpha value is -1.01. The van der Waals surface area contributed by atoms with Crippen molar-refractivity contribution in [2.75, 3.05) is 37.0 Å². The van der Waals surface area contributed by atoms with Crippen molar-refractivity contribution in [3.8, 4) is 0 Å². The summed E-state index contributed by atoms with van der Waals surface area (Å²) in [4.78, 5) is 14.4. The first-order valence-corrected chi connectivity index (χ1v) is 8.06. The second-order valence-electron chi connectivity index (χ2n) is 6.58. The van der Waals surface area contributed by atoms with Gasteiger partial charge in [-0.1, -0.05) is 20.8 Å². The minimum absolute atomic E-state index is 0.0463. The Labute approximate surface area is 131 Å². The number of hydrogen-bond donors (Lipinski definition) is 1. The van der Waals surface area contributed by atoms with Gasteiger partial charge in [-0.05, 0) is 17.1 Å². The quantitative estimate of drug-likeness (QED) is 0.859. The van der Waals surface area contributed by atoms with E-state index in [1.807, 2.05) is 0 Å². The van der Waals surface area contributed by atoms with Crippen LogP contribution in [0, 0.1) is 11.3 Å². The van der Waals surface area contributed by atoms with E-state index >= 15 is 0 Å². The van der Waals surface area contributed by atoms with Crippen LogP contribution in [0.4, 0.5) is 5.69 Å². The summed E-state index contributed by atoms with van der Waals surface area (Å²) < 4.78 is 6.88. The lowest BCUT2D eigenvalue weighted by atomic mass is 9.82. The largest absolute Gasteiger partial charge is 0.378 e. The molecule has 21 heavy (non-hydrogen) atoms. The van der Waals surface area contributed by atoms with Gasteiger partial charge >= 0.3 is 0 Å². The van der Waals surface area contributed by atoms with E-state index in [9.17, 15) is 4.79 Å². The van der Waals surface area contributed by atoms with E-state index in [1.165, 1.54) is 0 Å². The van der Waals surface area contributed by atoms with Crippen LogP contribution in [0.2, 0.25) is 0 Å². The molecule has 118 valence electrons. The van der Waals surface area contributed by atoms with Crippen molar-refractivity contribution in [2.24, 2.45) is 11.3 Å². The summed E-state index contributed by atoms with van der Waals surface area (Å²) in [5.74, 6) is 1.04. The number of thiol groups is 1. The van der Waals surface area contributed by atoms with Crippen LogP contribution in [0.15, 0.2) is 17.1 Å². The van der Waals surface area contributed by atoms with Crippen LogP contribution in [-0.2, 0) is 11.3 Å². The number of aromatic nitrogens is 2. The second-order valence-corrected chi connectivity index (χ2v) is 6.94. The normalized spacial score (nSPS) is 17.8. The number of rotatable bonds is 4. The fourth-order valence-corrected chi connectivity index (χ4v) is 3.03. The molecule has 0 N–H and O–H groups in total. The van der Waals surface area contributed by atoms with Crippen LogP contribution >= 0.6 is 12.6 Å². The highest BCUT2D eigenvalue weighted by Crippen LogP contribution is 2.27. The van der Waals surface area contributed by atoms with Gasteiger partial charge in [-0.25, -0.2) is 4.68 Å². The molecule has 1 unspecified atom stereocenters. The van der Waals surface area contributed by atoms with Crippen LogP contribution in [0.25, 0.3) is 0 Å². The molecule has 0 saturated carbocycles. The minimum Gasteiger partial charge on any atom is -0.378 e. The molecule has 1 aromatic rings. The maximum Gasteiger partial charge on any atom is 0.268 e. The highest BCUT2D eigenvalue weighted by Gasteiger charge is 2.24. The Kier molecular flexibility index (Phi) is 5.32. The van der Waals surface area contributed by atoms with E-state index in [0.29, 0.717) is 25.7 Å². The summed E-state index contributed by atoms with van der Waals surface area (Å²) in [6.07, 6.45) is 1.78. The molecule has 1 saturated heterocycles. The van der Waals surface area contributed by atoms with Gasteiger partial charge in [-0.3, -0.25) is 4.79 Å². The standard InChI is InChI=1S/C15H25N3O2S/c1-15(2,3)12(11-21)10-18-14(19)8-13(9-16-18)17-4-6-20-7-5-17/h8-9,12,21H,4-7,10-11H2,1-3H3. The summed E-state index contributed by atoms with van der Waals surface area (Å²) in [5.41, 5.74) is 0.943. The van der Waals surface area contributed by atoms with Crippen molar-refractivity contribution >= 4 is 18.3 Å². The Balaban J connectivity index is 2.13. The molecular weight excluding hydrogens is 286 g/mol. The molecule has 0 spiro atoms. The first-order chi connectivity index (χ1) is 9.91. The average Bonchev–Trinajstić information content (AvgIpc) is 2.45. The van der Waals surface area contributed by atoms with Crippen LogP contribution in [0.5, 0.6) is 0 Å². The van der Waals surface area contributed by atoms with Gasteiger partial charge in [0.25, 0.3) is 5.56 Å². The zero-order chi connectivity index (χ0) is 15.5. The van der Waals surface area contributed by atoms with Gasteiger partial charge in [-0.2, -0.15) is 17.7 Å². The summed E-state index contributed by atoms with van der Waals surface area (Å²) in [7, 11) is 0. The molecule has 0 amide bonds. The molecule has 1 aromatic heterocycles. The van der Waals surface area contributed by atoms with E-state index in [-0.39, 0.29) is 11.0 Å². The zero-order valence-corrected chi connectivity index (χ0v) is 14.0. The zero-order valence-electron chi connectivity index (χ0n) is 13.1. The van der Waals surface area contributed by atoms with Crippen molar-refractivity contribution < 1.29 is 4.74 Å². The third-order valence-corrected chi connectivity index (χ3v) is 4.51. The molecular formula is C15H25N3O2S. The Morgan fingerprint density at radius 1 is 1.38 bits per heavy atom. The second kappa shape index (κ2) is 6.83. The summed E-state index contributed by atoms with van der Waals surface area (Å²) in [5, 5.41) is 4.34. The molecule has 1 fully saturated rings. The van der Waals surface area contributed by atoms with Gasteiger partial charge < -0.3 is 9.64 Å². The molecule has 5 nitrogen and oxygen atoms in total. The maximum atomic E-state index is 12.3. The number of ether oxygens (including phenoxy) is 1. The van der Waals surface area contributed by atoms with Crippen LogP contribution in [0.3, 0.4) is 0 Å². The molecule has 1 atom stereocenters. The van der Waals surface area contributed by atoms with E-state index in [0.717, 1.165) is 24.5 Å². The predicted molar refractivity (Wildman–Crippen MR) is 88.3 cm³/mol. The van der Waals surface area contributed by atoms with Gasteiger partial charge in [0.05, 0.1) is 25.1 Å². The highest BCUT2D eigenvalue weighted by molar-refractivity contribution is 7.80. The summed E-state index contributed by atoms with van der Waals surface area (Å²) in [6, 6.07) is 1.68. The molecule has 1 aliphatic heterocycles. The van der Waals surface area contributed by atoms with E-state index in [2.05, 4.69) is 43.4 Å². The summed E-state index contributed by atoms with van der Waals surface area (Å²) in [6.45, 7) is 10.1. The van der Waals surface area contributed by atoms with Gasteiger partial charge in [0, 0.05) is 25.7 Å². The molecule has 2 heterocycles. The molecule has 0 aromatic carbocycles. The first kappa shape index (κ1) is 16.4. The van der Waals surface area contributed by atoms with Crippen molar-refractivity contribution in [3.05, 3.63) is 22.6 Å². The smallest absolute Gasteiger partial charge is 0.268 e. The van der Waals surface area contributed by atoms with Crippen LogP contribution in [-0.4, -0.2) is 41.8 Å². The van der Waals surface area contributed by atoms with E-state index in [1.54, 1.807) is 16.9 Å².